The summed E-state index contributed by atoms with van der Waals surface area (Å²) in [5, 5.41) is 0.466. The molecule has 0 bridgehead atoms. The van der Waals surface area contributed by atoms with Gasteiger partial charge in [0.2, 0.25) is 0 Å². The molecule has 3 nitrogen and oxygen atoms in total. The molecule has 1 aromatic heterocycles. The van der Waals surface area contributed by atoms with Gasteiger partial charge in [-0.25, -0.2) is 4.98 Å². The van der Waals surface area contributed by atoms with Gasteiger partial charge in [-0.3, -0.25) is 4.79 Å². The van der Waals surface area contributed by atoms with Crippen molar-refractivity contribution in [2.75, 3.05) is 0 Å². The Hall–Kier alpha value is -1.09. The lowest BCUT2D eigenvalue weighted by molar-refractivity contribution is -0.153. The Morgan fingerprint density at radius 3 is 2.62 bits per heavy atom. The second-order valence-electron chi connectivity index (χ2n) is 4.71. The van der Waals surface area contributed by atoms with Crippen LogP contribution in [0.25, 0.3) is 0 Å². The van der Waals surface area contributed by atoms with Crippen molar-refractivity contribution in [1.82, 2.24) is 4.98 Å². The van der Waals surface area contributed by atoms with Crippen LogP contribution in [0.2, 0.25) is 5.15 Å². The number of carbonyl (C=O) groups excluding carboxylic acids is 1. The molecule has 0 aliphatic carbocycles. The molecule has 0 aliphatic heterocycles. The Labute approximate surface area is 101 Å². The minimum atomic E-state index is -0.452. The third kappa shape index (κ3) is 4.19. The molecule has 0 aliphatic rings. The number of esters is 1. The summed E-state index contributed by atoms with van der Waals surface area (Å²) in [4.78, 5) is 15.5. The Balaban J connectivity index is 2.67. The van der Waals surface area contributed by atoms with E-state index in [4.69, 9.17) is 16.3 Å². The lowest BCUT2D eigenvalue weighted by Gasteiger charge is -2.19. The molecule has 0 fully saturated rings. The monoisotopic (exact) mass is 241 g/mol. The minimum absolute atomic E-state index is 0.224. The molecular weight excluding hydrogens is 226 g/mol. The van der Waals surface area contributed by atoms with E-state index in [1.165, 1.54) is 0 Å². The Morgan fingerprint density at radius 2 is 2.12 bits per heavy atom. The van der Waals surface area contributed by atoms with Crippen molar-refractivity contribution in [2.24, 2.45) is 0 Å². The minimum Gasteiger partial charge on any atom is -0.460 e. The zero-order valence-electron chi connectivity index (χ0n) is 10.0. The zero-order chi connectivity index (χ0) is 12.3. The molecule has 0 atom stereocenters. The molecule has 0 radical (unpaired) electrons. The van der Waals surface area contributed by atoms with E-state index < -0.39 is 5.60 Å². The predicted octanol–water partition coefficient (Wildman–Crippen LogP) is 2.93. The molecule has 0 N–H and O–H groups in total. The highest BCUT2D eigenvalue weighted by Gasteiger charge is 2.16. The van der Waals surface area contributed by atoms with Crippen LogP contribution in [0.3, 0.4) is 0 Å². The molecule has 88 valence electrons. The zero-order valence-corrected chi connectivity index (χ0v) is 10.8. The summed E-state index contributed by atoms with van der Waals surface area (Å²) in [5.74, 6) is -0.254. The first kappa shape index (κ1) is 13.0. The van der Waals surface area contributed by atoms with E-state index in [0.717, 1.165) is 11.1 Å². The molecule has 4 heteroatoms. The van der Waals surface area contributed by atoms with Gasteiger partial charge in [0.05, 0.1) is 6.42 Å². The van der Waals surface area contributed by atoms with E-state index in [2.05, 4.69) is 4.98 Å². The van der Waals surface area contributed by atoms with Gasteiger partial charge in [-0.15, -0.1) is 0 Å². The first-order chi connectivity index (χ1) is 7.28. The van der Waals surface area contributed by atoms with Gasteiger partial charge in [0.1, 0.15) is 10.8 Å². The van der Waals surface area contributed by atoms with E-state index in [-0.39, 0.29) is 12.4 Å². The summed E-state index contributed by atoms with van der Waals surface area (Å²) in [6, 6.07) is 1.85. The number of aryl methyl sites for hydroxylation is 1. The predicted molar refractivity (Wildman–Crippen MR) is 63.5 cm³/mol. The van der Waals surface area contributed by atoms with Crippen LogP contribution in [0, 0.1) is 6.92 Å². The maximum Gasteiger partial charge on any atom is 0.310 e. The Morgan fingerprint density at radius 1 is 1.50 bits per heavy atom. The fraction of sp³-hybridized carbons (Fsp3) is 0.500. The van der Waals surface area contributed by atoms with Gasteiger partial charge < -0.3 is 4.74 Å². The van der Waals surface area contributed by atoms with Crippen LogP contribution in [-0.2, 0) is 16.0 Å². The molecule has 0 spiro atoms. The SMILES string of the molecule is Cc1cc(CC(=O)OC(C)(C)C)cnc1Cl. The van der Waals surface area contributed by atoms with E-state index in [1.54, 1.807) is 6.20 Å². The Kier molecular flexibility index (Phi) is 3.92. The number of halogens is 1. The number of nitrogens with zero attached hydrogens (tertiary/aromatic N) is 1. The quantitative estimate of drug-likeness (QED) is 0.590. The third-order valence-electron chi connectivity index (χ3n) is 1.84. The van der Waals surface area contributed by atoms with Crippen molar-refractivity contribution < 1.29 is 9.53 Å². The molecule has 1 rings (SSSR count). The van der Waals surface area contributed by atoms with E-state index in [9.17, 15) is 4.79 Å². The molecular formula is C12H16ClNO2. The molecule has 16 heavy (non-hydrogen) atoms. The molecule has 1 heterocycles. The van der Waals surface area contributed by atoms with Crippen LogP contribution < -0.4 is 0 Å². The van der Waals surface area contributed by atoms with Crippen LogP contribution in [-0.4, -0.2) is 16.6 Å². The van der Waals surface area contributed by atoms with Gasteiger partial charge >= 0.3 is 5.97 Å². The van der Waals surface area contributed by atoms with Crippen molar-refractivity contribution in [3.05, 3.63) is 28.5 Å². The second kappa shape index (κ2) is 4.83. The maximum absolute atomic E-state index is 11.5. The second-order valence-corrected chi connectivity index (χ2v) is 5.07. The van der Waals surface area contributed by atoms with Crippen LogP contribution in [0.1, 0.15) is 31.9 Å². The van der Waals surface area contributed by atoms with E-state index >= 15 is 0 Å². The molecule has 0 aromatic carbocycles. The van der Waals surface area contributed by atoms with Crippen molar-refractivity contribution in [1.29, 1.82) is 0 Å². The third-order valence-corrected chi connectivity index (χ3v) is 2.24. The highest BCUT2D eigenvalue weighted by atomic mass is 35.5. The van der Waals surface area contributed by atoms with Gasteiger partial charge in [0, 0.05) is 6.20 Å². The molecule has 0 amide bonds. The van der Waals surface area contributed by atoms with Crippen molar-refractivity contribution in [3.8, 4) is 0 Å². The normalized spacial score (nSPS) is 11.3. The van der Waals surface area contributed by atoms with Crippen molar-refractivity contribution >= 4 is 17.6 Å². The average Bonchev–Trinajstić information content (AvgIpc) is 2.08. The van der Waals surface area contributed by atoms with Gasteiger partial charge in [-0.05, 0) is 38.8 Å². The topological polar surface area (TPSA) is 39.2 Å². The van der Waals surface area contributed by atoms with Gasteiger partial charge in [-0.1, -0.05) is 17.7 Å². The molecule has 0 saturated heterocycles. The largest absolute Gasteiger partial charge is 0.460 e. The number of pyridine rings is 1. The molecule has 1 aromatic rings. The first-order valence-corrected chi connectivity index (χ1v) is 5.48. The van der Waals surface area contributed by atoms with Crippen LogP contribution in [0.5, 0.6) is 0 Å². The number of ether oxygens (including phenoxy) is 1. The highest BCUT2D eigenvalue weighted by Crippen LogP contribution is 2.14. The smallest absolute Gasteiger partial charge is 0.310 e. The van der Waals surface area contributed by atoms with Crippen LogP contribution in [0.4, 0.5) is 0 Å². The summed E-state index contributed by atoms with van der Waals surface area (Å²) < 4.78 is 5.21. The maximum atomic E-state index is 11.5. The van der Waals surface area contributed by atoms with Gasteiger partial charge in [-0.2, -0.15) is 0 Å². The summed E-state index contributed by atoms with van der Waals surface area (Å²) in [5.41, 5.74) is 1.23. The lowest BCUT2D eigenvalue weighted by atomic mass is 10.1. The lowest BCUT2D eigenvalue weighted by Crippen LogP contribution is -2.24. The number of hydrogen-bond acceptors (Lipinski definition) is 3. The Bertz CT molecular complexity index is 396. The van der Waals surface area contributed by atoms with Crippen LogP contribution in [0.15, 0.2) is 12.3 Å². The first-order valence-electron chi connectivity index (χ1n) is 5.11. The molecule has 0 saturated carbocycles. The number of carbonyl (C=O) groups is 1. The fourth-order valence-corrected chi connectivity index (χ4v) is 1.36. The summed E-state index contributed by atoms with van der Waals surface area (Å²) >= 11 is 5.80. The summed E-state index contributed by atoms with van der Waals surface area (Å²) in [6.45, 7) is 7.39. The van der Waals surface area contributed by atoms with Gasteiger partial charge in [0.25, 0.3) is 0 Å². The van der Waals surface area contributed by atoms with Crippen molar-refractivity contribution in [3.63, 3.8) is 0 Å². The fourth-order valence-electron chi connectivity index (χ4n) is 1.26. The average molecular weight is 242 g/mol. The van der Waals surface area contributed by atoms with Gasteiger partial charge in [0.15, 0.2) is 0 Å². The van der Waals surface area contributed by atoms with Crippen molar-refractivity contribution in [2.45, 2.75) is 39.7 Å². The number of aromatic nitrogens is 1. The standard InChI is InChI=1S/C12H16ClNO2/c1-8-5-9(7-14-11(8)13)6-10(15)16-12(2,3)4/h5,7H,6H2,1-4H3. The van der Waals surface area contributed by atoms with E-state index in [1.807, 2.05) is 33.8 Å². The summed E-state index contributed by atoms with van der Waals surface area (Å²) in [7, 11) is 0. The highest BCUT2D eigenvalue weighted by molar-refractivity contribution is 6.30. The molecule has 0 unspecified atom stereocenters. The summed E-state index contributed by atoms with van der Waals surface area (Å²) in [6.07, 6.45) is 1.82. The van der Waals surface area contributed by atoms with Crippen LogP contribution >= 0.6 is 11.6 Å². The number of rotatable bonds is 2. The number of hydrogen-bond donors (Lipinski definition) is 0. The van der Waals surface area contributed by atoms with E-state index in [0.29, 0.717) is 5.15 Å².